The van der Waals surface area contributed by atoms with E-state index >= 15 is 0 Å². The Morgan fingerprint density at radius 1 is 0.968 bits per heavy atom. The third-order valence-corrected chi connectivity index (χ3v) is 6.81. The number of rotatable bonds is 7. The quantitative estimate of drug-likeness (QED) is 0.286. The molecule has 156 valence electrons. The van der Waals surface area contributed by atoms with Crippen LogP contribution in [0.2, 0.25) is 0 Å². The highest BCUT2D eigenvalue weighted by Gasteiger charge is 2.11. The van der Waals surface area contributed by atoms with Gasteiger partial charge in [0.05, 0.1) is 18.0 Å². The van der Waals surface area contributed by atoms with Crippen molar-refractivity contribution in [3.05, 3.63) is 101 Å². The van der Waals surface area contributed by atoms with Gasteiger partial charge in [-0.2, -0.15) is 0 Å². The minimum atomic E-state index is -2.34. The molecule has 1 unspecified atom stereocenters. The topological polar surface area (TPSA) is 81.4 Å². The van der Waals surface area contributed by atoms with Crippen LogP contribution in [0.4, 0.5) is 11.4 Å². The van der Waals surface area contributed by atoms with Crippen LogP contribution in [0.15, 0.2) is 90.3 Å². The number of anilines is 2. The van der Waals surface area contributed by atoms with Crippen LogP contribution in [-0.4, -0.2) is 5.91 Å². The number of hydrogen-bond donors (Lipinski definition) is 2. The largest absolute Gasteiger partial charge is 0.397 e. The molecule has 1 atom stereocenters. The standard InChI is InChI=1S/C24H21N2O3PS/c25-21-12-11-18(23-10-5-13-31-23)15-22(21)26-24(27)19-7-4-6-17(14-19)16-29-30(28)20-8-2-1-3-9-20/h1-15,30H,16,25H2,(H,26,27). The number of carbonyl (C=O) groups excluding carboxylic acids is 1. The van der Waals surface area contributed by atoms with Gasteiger partial charge < -0.3 is 15.6 Å². The van der Waals surface area contributed by atoms with Crippen LogP contribution in [0, 0.1) is 0 Å². The molecule has 0 spiro atoms. The Hall–Kier alpha value is -3.18. The van der Waals surface area contributed by atoms with Crippen molar-refractivity contribution in [1.82, 2.24) is 0 Å². The Morgan fingerprint density at radius 2 is 1.81 bits per heavy atom. The van der Waals surface area contributed by atoms with E-state index in [-0.39, 0.29) is 12.5 Å². The summed E-state index contributed by atoms with van der Waals surface area (Å²) in [5.74, 6) is -0.271. The first-order valence-corrected chi connectivity index (χ1v) is 11.9. The molecule has 0 fully saturated rings. The van der Waals surface area contributed by atoms with Crippen LogP contribution < -0.4 is 16.4 Å². The molecule has 1 aromatic heterocycles. The maximum Gasteiger partial charge on any atom is 0.255 e. The predicted octanol–water partition coefficient (Wildman–Crippen LogP) is 5.57. The summed E-state index contributed by atoms with van der Waals surface area (Å²) in [6.45, 7) is 0.157. The van der Waals surface area contributed by atoms with Gasteiger partial charge in [0.25, 0.3) is 5.91 Å². The molecule has 0 saturated heterocycles. The number of thiophene rings is 1. The van der Waals surface area contributed by atoms with Crippen LogP contribution in [0.5, 0.6) is 0 Å². The maximum atomic E-state index is 12.8. The van der Waals surface area contributed by atoms with Gasteiger partial charge >= 0.3 is 0 Å². The summed E-state index contributed by atoms with van der Waals surface area (Å²) in [4.78, 5) is 13.9. The summed E-state index contributed by atoms with van der Waals surface area (Å²) in [5.41, 5.74) is 9.36. The molecule has 0 bridgehead atoms. The number of amides is 1. The zero-order valence-electron chi connectivity index (χ0n) is 16.6. The van der Waals surface area contributed by atoms with Gasteiger partial charge in [0.1, 0.15) is 0 Å². The minimum Gasteiger partial charge on any atom is -0.397 e. The minimum absolute atomic E-state index is 0.157. The predicted molar refractivity (Wildman–Crippen MR) is 128 cm³/mol. The zero-order chi connectivity index (χ0) is 21.6. The summed E-state index contributed by atoms with van der Waals surface area (Å²) < 4.78 is 17.9. The van der Waals surface area contributed by atoms with Crippen molar-refractivity contribution in [1.29, 1.82) is 0 Å². The van der Waals surface area contributed by atoms with E-state index in [1.807, 2.05) is 53.9 Å². The van der Waals surface area contributed by atoms with Crippen LogP contribution in [0.1, 0.15) is 15.9 Å². The van der Waals surface area contributed by atoms with Crippen LogP contribution in [0.25, 0.3) is 10.4 Å². The van der Waals surface area contributed by atoms with E-state index in [9.17, 15) is 9.36 Å². The van der Waals surface area contributed by atoms with Crippen molar-refractivity contribution in [2.45, 2.75) is 6.61 Å². The molecular weight excluding hydrogens is 427 g/mol. The van der Waals surface area contributed by atoms with Crippen molar-refractivity contribution < 1.29 is 13.9 Å². The summed E-state index contributed by atoms with van der Waals surface area (Å²) in [6.07, 6.45) is 0. The van der Waals surface area contributed by atoms with Gasteiger partial charge in [-0.3, -0.25) is 9.36 Å². The number of carbonyl (C=O) groups is 1. The molecule has 0 radical (unpaired) electrons. The second-order valence-corrected chi connectivity index (χ2v) is 9.26. The van der Waals surface area contributed by atoms with Crippen molar-refractivity contribution in [3.63, 3.8) is 0 Å². The zero-order valence-corrected chi connectivity index (χ0v) is 18.4. The smallest absolute Gasteiger partial charge is 0.255 e. The lowest BCUT2D eigenvalue weighted by molar-refractivity contribution is 0.102. The lowest BCUT2D eigenvalue weighted by Gasteiger charge is -2.11. The van der Waals surface area contributed by atoms with Gasteiger partial charge in [0.15, 0.2) is 0 Å². The van der Waals surface area contributed by atoms with Crippen molar-refractivity contribution in [3.8, 4) is 10.4 Å². The molecule has 3 aromatic carbocycles. The average Bonchev–Trinajstić information content (AvgIpc) is 3.35. The first-order chi connectivity index (χ1) is 15.1. The Balaban J connectivity index is 1.45. The van der Waals surface area contributed by atoms with Gasteiger partial charge in [0, 0.05) is 15.7 Å². The van der Waals surface area contributed by atoms with Gasteiger partial charge in [-0.25, -0.2) is 0 Å². The lowest BCUT2D eigenvalue weighted by Crippen LogP contribution is -2.13. The molecule has 7 heteroatoms. The normalized spacial score (nSPS) is 11.7. The highest BCUT2D eigenvalue weighted by Crippen LogP contribution is 2.30. The molecule has 1 heterocycles. The Bertz CT molecular complexity index is 1210. The fourth-order valence-corrected chi connectivity index (χ4v) is 4.72. The number of benzene rings is 3. The molecule has 0 aliphatic heterocycles. The van der Waals surface area contributed by atoms with Crippen molar-refractivity contribution in [2.75, 3.05) is 11.1 Å². The van der Waals surface area contributed by atoms with Gasteiger partial charge in [-0.1, -0.05) is 42.5 Å². The molecule has 3 N–H and O–H groups in total. The van der Waals surface area contributed by atoms with E-state index in [2.05, 4.69) is 5.32 Å². The van der Waals surface area contributed by atoms with E-state index in [1.165, 1.54) is 0 Å². The molecule has 31 heavy (non-hydrogen) atoms. The monoisotopic (exact) mass is 448 g/mol. The molecule has 0 saturated carbocycles. The number of nitrogen functional groups attached to an aromatic ring is 1. The van der Waals surface area contributed by atoms with E-state index in [4.69, 9.17) is 10.3 Å². The van der Waals surface area contributed by atoms with Gasteiger partial charge in [-0.05, 0) is 59.0 Å². The van der Waals surface area contributed by atoms with E-state index < -0.39 is 8.03 Å². The second-order valence-electron chi connectivity index (χ2n) is 6.88. The molecule has 4 rings (SSSR count). The molecule has 0 aliphatic rings. The Labute approximate surface area is 185 Å². The maximum absolute atomic E-state index is 12.8. The summed E-state index contributed by atoms with van der Waals surface area (Å²) in [7, 11) is -2.34. The third kappa shape index (κ3) is 5.30. The highest BCUT2D eigenvalue weighted by atomic mass is 32.1. The lowest BCUT2D eigenvalue weighted by atomic mass is 10.1. The number of nitrogens with two attached hydrogens (primary N) is 1. The average molecular weight is 448 g/mol. The van der Waals surface area contributed by atoms with E-state index in [0.29, 0.717) is 22.2 Å². The first-order valence-electron chi connectivity index (χ1n) is 9.66. The fraction of sp³-hybridized carbons (Fsp3) is 0.0417. The Kier molecular flexibility index (Phi) is 6.63. The first kappa shape index (κ1) is 21.1. The SMILES string of the molecule is Nc1ccc(-c2cccs2)cc1NC(=O)c1cccc(CO[PH](=O)c2ccccc2)c1. The number of hydrogen-bond acceptors (Lipinski definition) is 5. The molecule has 5 nitrogen and oxygen atoms in total. The van der Waals surface area contributed by atoms with Gasteiger partial charge in [0.2, 0.25) is 8.03 Å². The Morgan fingerprint density at radius 3 is 2.58 bits per heavy atom. The van der Waals surface area contributed by atoms with Crippen LogP contribution in [-0.2, 0) is 15.7 Å². The van der Waals surface area contributed by atoms with E-state index in [0.717, 1.165) is 16.0 Å². The summed E-state index contributed by atoms with van der Waals surface area (Å²) in [5, 5.41) is 5.56. The third-order valence-electron chi connectivity index (χ3n) is 4.68. The van der Waals surface area contributed by atoms with Crippen molar-refractivity contribution >= 4 is 42.0 Å². The molecule has 1 amide bonds. The van der Waals surface area contributed by atoms with Crippen molar-refractivity contribution in [2.24, 2.45) is 0 Å². The number of nitrogens with one attached hydrogen (secondary N) is 1. The van der Waals surface area contributed by atoms with E-state index in [1.54, 1.807) is 47.7 Å². The highest BCUT2D eigenvalue weighted by molar-refractivity contribution is 7.48. The van der Waals surface area contributed by atoms with Crippen LogP contribution in [0.3, 0.4) is 0 Å². The fourth-order valence-electron chi connectivity index (χ4n) is 3.06. The summed E-state index contributed by atoms with van der Waals surface area (Å²) in [6, 6.07) is 25.7. The molecule has 4 aromatic rings. The molecular formula is C24H21N2O3PS. The van der Waals surface area contributed by atoms with Crippen LogP contribution >= 0.6 is 19.4 Å². The summed E-state index contributed by atoms with van der Waals surface area (Å²) >= 11 is 1.62. The van der Waals surface area contributed by atoms with Gasteiger partial charge in [-0.15, -0.1) is 11.3 Å². The molecule has 0 aliphatic carbocycles. The second kappa shape index (κ2) is 9.75.